The Labute approximate surface area is 124 Å². The Morgan fingerprint density at radius 1 is 0.947 bits per heavy atom. The van der Waals surface area contributed by atoms with Crippen molar-refractivity contribution in [2.24, 2.45) is 5.73 Å². The maximum Gasteiger partial charge on any atom is 0.0562 e. The molecule has 2 heteroatoms. The molecule has 0 aliphatic rings. The maximum atomic E-state index is 6.35. The van der Waals surface area contributed by atoms with Crippen LogP contribution in [0.5, 0.6) is 0 Å². The van der Waals surface area contributed by atoms with Gasteiger partial charge in [-0.15, -0.1) is 0 Å². The van der Waals surface area contributed by atoms with E-state index < -0.39 is 0 Å². The van der Waals surface area contributed by atoms with Gasteiger partial charge in [0.05, 0.1) is 6.04 Å². The topological polar surface area (TPSA) is 26.0 Å². The van der Waals surface area contributed by atoms with Crippen LogP contribution in [0.3, 0.4) is 0 Å². The van der Waals surface area contributed by atoms with E-state index in [1.165, 1.54) is 5.56 Å². The van der Waals surface area contributed by atoms with Crippen LogP contribution in [-0.4, -0.2) is 0 Å². The fourth-order valence-corrected chi connectivity index (χ4v) is 2.63. The Hall–Kier alpha value is -1.12. The fraction of sp³-hybridized carbons (Fsp3) is 0.294. The van der Waals surface area contributed by atoms with Crippen LogP contribution in [0.4, 0.5) is 0 Å². The molecule has 1 atom stereocenters. The van der Waals surface area contributed by atoms with E-state index in [4.69, 9.17) is 5.73 Å². The summed E-state index contributed by atoms with van der Waals surface area (Å²) in [5.74, 6) is 0. The highest BCUT2D eigenvalue weighted by molar-refractivity contribution is 9.10. The lowest BCUT2D eigenvalue weighted by Gasteiger charge is -2.20. The molecule has 0 aliphatic heterocycles. The average molecular weight is 318 g/mol. The molecule has 1 unspecified atom stereocenters. The van der Waals surface area contributed by atoms with E-state index in [2.05, 4.69) is 67.0 Å². The van der Waals surface area contributed by atoms with Crippen molar-refractivity contribution in [3.8, 4) is 0 Å². The zero-order chi connectivity index (χ0) is 14.0. The van der Waals surface area contributed by atoms with Crippen LogP contribution in [0, 0.1) is 0 Å². The number of benzene rings is 2. The lowest BCUT2D eigenvalue weighted by atomic mass is 9.86. The number of nitrogens with two attached hydrogens (primary N) is 1. The molecule has 0 bridgehead atoms. The molecule has 0 amide bonds. The van der Waals surface area contributed by atoms with Crippen LogP contribution >= 0.6 is 15.9 Å². The number of hydrogen-bond acceptors (Lipinski definition) is 1. The summed E-state index contributed by atoms with van der Waals surface area (Å²) >= 11 is 3.56. The first-order valence-electron chi connectivity index (χ1n) is 6.50. The first-order chi connectivity index (χ1) is 8.89. The van der Waals surface area contributed by atoms with Crippen LogP contribution < -0.4 is 5.73 Å². The highest BCUT2D eigenvalue weighted by Crippen LogP contribution is 2.28. The van der Waals surface area contributed by atoms with Crippen molar-refractivity contribution >= 4 is 15.9 Å². The van der Waals surface area contributed by atoms with Crippen LogP contribution in [-0.2, 0) is 5.41 Å². The molecule has 2 rings (SSSR count). The van der Waals surface area contributed by atoms with Crippen molar-refractivity contribution in [1.29, 1.82) is 0 Å². The van der Waals surface area contributed by atoms with Gasteiger partial charge in [-0.1, -0.05) is 79.2 Å². The van der Waals surface area contributed by atoms with Crippen LogP contribution in [0.1, 0.15) is 43.5 Å². The number of halogens is 1. The standard InChI is InChI=1S/C17H20BrN/c1-17(2,3)13-10-8-12(9-11-13)16(19)14-6-4-5-7-15(14)18/h4-11,16H,19H2,1-3H3. The van der Waals surface area contributed by atoms with Gasteiger partial charge < -0.3 is 5.73 Å². The van der Waals surface area contributed by atoms with E-state index in [1.807, 2.05) is 18.2 Å². The van der Waals surface area contributed by atoms with Crippen LogP contribution in [0.25, 0.3) is 0 Å². The lowest BCUT2D eigenvalue weighted by molar-refractivity contribution is 0.589. The second-order valence-electron chi connectivity index (χ2n) is 5.87. The Morgan fingerprint density at radius 3 is 2.05 bits per heavy atom. The largest absolute Gasteiger partial charge is 0.320 e. The Bertz CT molecular complexity index is 552. The minimum atomic E-state index is -0.0930. The monoisotopic (exact) mass is 317 g/mol. The van der Waals surface area contributed by atoms with Crippen LogP contribution in [0.15, 0.2) is 53.0 Å². The van der Waals surface area contributed by atoms with Gasteiger partial charge in [0.2, 0.25) is 0 Å². The smallest absolute Gasteiger partial charge is 0.0562 e. The quantitative estimate of drug-likeness (QED) is 0.846. The van der Waals surface area contributed by atoms with Crippen LogP contribution in [0.2, 0.25) is 0 Å². The van der Waals surface area contributed by atoms with Crippen molar-refractivity contribution in [3.05, 3.63) is 69.7 Å². The minimum Gasteiger partial charge on any atom is -0.320 e. The molecule has 0 saturated heterocycles. The van der Waals surface area contributed by atoms with Gasteiger partial charge in [-0.05, 0) is 28.2 Å². The van der Waals surface area contributed by atoms with Gasteiger partial charge >= 0.3 is 0 Å². The van der Waals surface area contributed by atoms with Gasteiger partial charge in [-0.3, -0.25) is 0 Å². The molecule has 1 nitrogen and oxygen atoms in total. The Kier molecular flexibility index (Phi) is 4.12. The summed E-state index contributed by atoms with van der Waals surface area (Å²) in [6, 6.07) is 16.6. The van der Waals surface area contributed by atoms with Gasteiger partial charge in [0.15, 0.2) is 0 Å². The second-order valence-corrected chi connectivity index (χ2v) is 6.73. The molecule has 0 fully saturated rings. The predicted octanol–water partition coefficient (Wildman–Crippen LogP) is 4.79. The number of rotatable bonds is 2. The third-order valence-electron chi connectivity index (χ3n) is 3.38. The minimum absolute atomic E-state index is 0.0930. The van der Waals surface area contributed by atoms with E-state index in [-0.39, 0.29) is 11.5 Å². The third kappa shape index (κ3) is 3.26. The highest BCUT2D eigenvalue weighted by Gasteiger charge is 2.15. The molecule has 2 N–H and O–H groups in total. The second kappa shape index (κ2) is 5.48. The zero-order valence-corrected chi connectivity index (χ0v) is 13.2. The molecule has 100 valence electrons. The summed E-state index contributed by atoms with van der Waals surface area (Å²) < 4.78 is 1.06. The predicted molar refractivity (Wildman–Crippen MR) is 85.3 cm³/mol. The van der Waals surface area contributed by atoms with E-state index in [0.717, 1.165) is 15.6 Å². The fourth-order valence-electron chi connectivity index (χ4n) is 2.10. The van der Waals surface area contributed by atoms with E-state index in [0.29, 0.717) is 0 Å². The summed E-state index contributed by atoms with van der Waals surface area (Å²) in [5, 5.41) is 0. The van der Waals surface area contributed by atoms with Crippen molar-refractivity contribution in [2.45, 2.75) is 32.2 Å². The van der Waals surface area contributed by atoms with Gasteiger partial charge in [-0.25, -0.2) is 0 Å². The Morgan fingerprint density at radius 2 is 1.53 bits per heavy atom. The molecular formula is C17H20BrN. The molecule has 0 aromatic heterocycles. The molecule has 0 radical (unpaired) electrons. The Balaban J connectivity index is 2.31. The normalized spacial score (nSPS) is 13.3. The van der Waals surface area contributed by atoms with Crippen molar-refractivity contribution in [2.75, 3.05) is 0 Å². The summed E-state index contributed by atoms with van der Waals surface area (Å²) in [5.41, 5.74) is 10.1. The first kappa shape index (κ1) is 14.3. The summed E-state index contributed by atoms with van der Waals surface area (Å²) in [6.45, 7) is 6.65. The van der Waals surface area contributed by atoms with Crippen molar-refractivity contribution < 1.29 is 0 Å². The third-order valence-corrected chi connectivity index (χ3v) is 4.10. The summed E-state index contributed by atoms with van der Waals surface area (Å²) in [7, 11) is 0. The molecule has 0 saturated carbocycles. The maximum absolute atomic E-state index is 6.35. The van der Waals surface area contributed by atoms with E-state index in [9.17, 15) is 0 Å². The molecule has 0 heterocycles. The zero-order valence-electron chi connectivity index (χ0n) is 11.7. The van der Waals surface area contributed by atoms with Gasteiger partial charge in [0.1, 0.15) is 0 Å². The lowest BCUT2D eigenvalue weighted by Crippen LogP contribution is -2.14. The molecule has 2 aromatic carbocycles. The molecule has 0 aliphatic carbocycles. The summed E-state index contributed by atoms with van der Waals surface area (Å²) in [6.07, 6.45) is 0. The average Bonchev–Trinajstić information content (AvgIpc) is 2.38. The molecule has 2 aromatic rings. The van der Waals surface area contributed by atoms with E-state index in [1.54, 1.807) is 0 Å². The van der Waals surface area contributed by atoms with Gasteiger partial charge in [0.25, 0.3) is 0 Å². The summed E-state index contributed by atoms with van der Waals surface area (Å²) in [4.78, 5) is 0. The first-order valence-corrected chi connectivity index (χ1v) is 7.29. The molecular weight excluding hydrogens is 298 g/mol. The highest BCUT2D eigenvalue weighted by atomic mass is 79.9. The van der Waals surface area contributed by atoms with Gasteiger partial charge in [0, 0.05) is 4.47 Å². The van der Waals surface area contributed by atoms with Crippen molar-refractivity contribution in [1.82, 2.24) is 0 Å². The van der Waals surface area contributed by atoms with E-state index >= 15 is 0 Å². The molecule has 0 spiro atoms. The SMILES string of the molecule is CC(C)(C)c1ccc(C(N)c2ccccc2Br)cc1. The van der Waals surface area contributed by atoms with Gasteiger partial charge in [-0.2, -0.15) is 0 Å². The number of hydrogen-bond donors (Lipinski definition) is 1. The van der Waals surface area contributed by atoms with Crippen molar-refractivity contribution in [3.63, 3.8) is 0 Å². The molecule has 19 heavy (non-hydrogen) atoms.